The molecule has 4 heteroatoms. The molecule has 32 valence electrons. The maximum atomic E-state index is 4.66. The van der Waals surface area contributed by atoms with Crippen LogP contribution >= 0.6 is 32.9 Å². The van der Waals surface area contributed by atoms with Crippen molar-refractivity contribution < 1.29 is 0 Å². The van der Waals surface area contributed by atoms with E-state index < -0.39 is 0 Å². The van der Waals surface area contributed by atoms with Crippen LogP contribution in [0.2, 0.25) is 0 Å². The number of nitrogens with zero attached hydrogens (tertiary/aromatic N) is 1. The molecule has 1 nitrogen and oxygen atoms in total. The SMILES string of the molecule is S=c1ncss1. The van der Waals surface area contributed by atoms with Crippen molar-refractivity contribution in [1.82, 2.24) is 4.98 Å². The molecule has 0 bridgehead atoms. The monoisotopic (exact) mass is 135 g/mol. The van der Waals surface area contributed by atoms with Crippen molar-refractivity contribution in [3.05, 3.63) is 9.46 Å². The minimum Gasteiger partial charge on any atom is -0.222 e. The van der Waals surface area contributed by atoms with Gasteiger partial charge in [-0.1, -0.05) is 10.3 Å². The van der Waals surface area contributed by atoms with Crippen molar-refractivity contribution in [1.29, 1.82) is 0 Å². The normalized spacial score (nSPS) is 8.67. The van der Waals surface area contributed by atoms with Crippen molar-refractivity contribution in [2.45, 2.75) is 0 Å². The second-order valence-electron chi connectivity index (χ2n) is 0.680. The molecule has 0 aliphatic heterocycles. The zero-order valence-corrected chi connectivity index (χ0v) is 5.20. The van der Waals surface area contributed by atoms with Crippen molar-refractivity contribution in [2.75, 3.05) is 0 Å². The van der Waals surface area contributed by atoms with E-state index in [1.807, 2.05) is 0 Å². The fraction of sp³-hybridized carbons (Fsp3) is 0. The van der Waals surface area contributed by atoms with Crippen LogP contribution < -0.4 is 0 Å². The molecule has 0 fully saturated rings. The van der Waals surface area contributed by atoms with Crippen LogP contribution in [0.15, 0.2) is 5.51 Å². The van der Waals surface area contributed by atoms with Gasteiger partial charge in [0.25, 0.3) is 0 Å². The summed E-state index contributed by atoms with van der Waals surface area (Å²) in [7, 11) is 3.09. The average Bonchev–Trinajstić information content (AvgIpc) is 1.86. The molecular formula is C2HNS3. The fourth-order valence-electron chi connectivity index (χ4n) is 0.149. The van der Waals surface area contributed by atoms with Gasteiger partial charge in [0.05, 0.1) is 5.51 Å². The molecule has 1 rings (SSSR count). The highest BCUT2D eigenvalue weighted by Crippen LogP contribution is 2.03. The Morgan fingerprint density at radius 1 is 1.83 bits per heavy atom. The molecular weight excluding hydrogens is 134 g/mol. The van der Waals surface area contributed by atoms with Crippen molar-refractivity contribution in [2.24, 2.45) is 0 Å². The first-order chi connectivity index (χ1) is 2.89. The molecule has 0 spiro atoms. The van der Waals surface area contributed by atoms with Crippen LogP contribution in [0.3, 0.4) is 0 Å². The van der Waals surface area contributed by atoms with Crippen LogP contribution in [0.4, 0.5) is 0 Å². The molecule has 1 heterocycles. The third-order valence-electron chi connectivity index (χ3n) is 0.321. The van der Waals surface area contributed by atoms with Gasteiger partial charge < -0.3 is 0 Å². The highest BCUT2D eigenvalue weighted by atomic mass is 32.9. The van der Waals surface area contributed by atoms with E-state index in [9.17, 15) is 0 Å². The molecule has 0 unspecified atom stereocenters. The first kappa shape index (κ1) is 4.36. The molecule has 6 heavy (non-hydrogen) atoms. The van der Waals surface area contributed by atoms with Gasteiger partial charge in [-0.2, -0.15) is 0 Å². The van der Waals surface area contributed by atoms with Gasteiger partial charge in [0.2, 0.25) is 0 Å². The van der Waals surface area contributed by atoms with Crippen LogP contribution in [-0.2, 0) is 0 Å². The predicted octanol–water partition coefficient (Wildman–Crippen LogP) is 1.93. The van der Waals surface area contributed by atoms with Crippen LogP contribution in [0.5, 0.6) is 0 Å². The molecule has 0 radical (unpaired) electrons. The Hall–Kier alpha value is 0.200. The lowest BCUT2D eigenvalue weighted by Gasteiger charge is -1.46. The quantitative estimate of drug-likeness (QED) is 0.398. The highest BCUT2D eigenvalue weighted by Gasteiger charge is 1.71. The lowest BCUT2D eigenvalue weighted by Crippen LogP contribution is -1.45. The Labute approximate surface area is 47.7 Å². The second kappa shape index (κ2) is 1.77. The molecule has 0 N–H and O–H groups in total. The molecule has 1 aromatic rings. The van der Waals surface area contributed by atoms with Gasteiger partial charge in [-0.25, -0.2) is 4.98 Å². The van der Waals surface area contributed by atoms with Crippen molar-refractivity contribution in [3.63, 3.8) is 0 Å². The lowest BCUT2D eigenvalue weighted by atomic mass is 11.4. The minimum absolute atomic E-state index is 0.736. The minimum atomic E-state index is 0.736. The maximum absolute atomic E-state index is 4.66. The molecule has 0 atom stereocenters. The second-order valence-corrected chi connectivity index (χ2v) is 3.36. The van der Waals surface area contributed by atoms with E-state index in [4.69, 9.17) is 0 Å². The average molecular weight is 135 g/mol. The van der Waals surface area contributed by atoms with Crippen molar-refractivity contribution in [3.8, 4) is 0 Å². The summed E-state index contributed by atoms with van der Waals surface area (Å²) in [6.45, 7) is 0. The van der Waals surface area contributed by atoms with Gasteiger partial charge in [0.1, 0.15) is 0 Å². The van der Waals surface area contributed by atoms with E-state index >= 15 is 0 Å². The Morgan fingerprint density at radius 3 is 2.83 bits per heavy atom. The summed E-state index contributed by atoms with van der Waals surface area (Å²) in [5, 5.41) is 0. The van der Waals surface area contributed by atoms with E-state index in [-0.39, 0.29) is 0 Å². The van der Waals surface area contributed by atoms with Crippen molar-refractivity contribution >= 4 is 32.9 Å². The summed E-state index contributed by atoms with van der Waals surface area (Å²) in [5.41, 5.74) is 1.74. The topological polar surface area (TPSA) is 12.9 Å². The Kier molecular flexibility index (Phi) is 1.29. The number of aromatic nitrogens is 1. The van der Waals surface area contributed by atoms with E-state index in [2.05, 4.69) is 17.2 Å². The summed E-state index contributed by atoms with van der Waals surface area (Å²) >= 11 is 4.66. The van der Waals surface area contributed by atoms with E-state index in [1.54, 1.807) is 15.9 Å². The smallest absolute Gasteiger partial charge is 0.191 e. The van der Waals surface area contributed by atoms with Crippen LogP contribution in [-0.4, -0.2) is 4.98 Å². The Bertz CT molecular complexity index is 147. The summed E-state index contributed by atoms with van der Waals surface area (Å²) in [6, 6.07) is 0. The first-order valence-electron chi connectivity index (χ1n) is 1.29. The zero-order valence-electron chi connectivity index (χ0n) is 2.75. The van der Waals surface area contributed by atoms with Gasteiger partial charge in [-0.3, -0.25) is 0 Å². The third kappa shape index (κ3) is 0.830. The largest absolute Gasteiger partial charge is 0.222 e. The summed E-state index contributed by atoms with van der Waals surface area (Å²) in [6.07, 6.45) is 0. The molecule has 0 aromatic carbocycles. The van der Waals surface area contributed by atoms with Gasteiger partial charge in [0.15, 0.2) is 3.95 Å². The van der Waals surface area contributed by atoms with E-state index in [0.717, 1.165) is 3.95 Å². The zero-order chi connectivity index (χ0) is 4.41. The predicted molar refractivity (Wildman–Crippen MR) is 30.8 cm³/mol. The lowest BCUT2D eigenvalue weighted by molar-refractivity contribution is 1.43. The Balaban J connectivity index is 3.41. The molecule has 0 saturated carbocycles. The van der Waals surface area contributed by atoms with Crippen LogP contribution in [0.25, 0.3) is 0 Å². The van der Waals surface area contributed by atoms with E-state index in [0.29, 0.717) is 0 Å². The molecule has 0 saturated heterocycles. The molecule has 0 amide bonds. The third-order valence-corrected chi connectivity index (χ3v) is 2.55. The van der Waals surface area contributed by atoms with Gasteiger partial charge in [-0.15, -0.1) is 0 Å². The fourth-order valence-corrected chi connectivity index (χ4v) is 1.69. The number of hydrogen-bond donors (Lipinski definition) is 0. The van der Waals surface area contributed by atoms with Gasteiger partial charge in [0, 0.05) is 0 Å². The standard InChI is InChI=1S/C2HNS3/c4-2-3-1-5-6-2/h1H. The van der Waals surface area contributed by atoms with Gasteiger partial charge >= 0.3 is 0 Å². The summed E-state index contributed by atoms with van der Waals surface area (Å²) < 4.78 is 0.736. The Morgan fingerprint density at radius 2 is 2.67 bits per heavy atom. The molecule has 0 aliphatic rings. The summed E-state index contributed by atoms with van der Waals surface area (Å²) in [5.74, 6) is 0. The van der Waals surface area contributed by atoms with Gasteiger partial charge in [-0.05, 0) is 22.6 Å². The maximum Gasteiger partial charge on any atom is 0.191 e. The highest BCUT2D eigenvalue weighted by molar-refractivity contribution is 7.79. The first-order valence-corrected chi connectivity index (χ1v) is 3.91. The summed E-state index contributed by atoms with van der Waals surface area (Å²) in [4.78, 5) is 3.77. The number of rotatable bonds is 0. The van der Waals surface area contributed by atoms with E-state index in [1.165, 1.54) is 10.3 Å². The molecule has 1 aromatic heterocycles. The molecule has 0 aliphatic carbocycles. The number of hydrogen-bond acceptors (Lipinski definition) is 4. The van der Waals surface area contributed by atoms with Crippen LogP contribution in [0.1, 0.15) is 0 Å². The van der Waals surface area contributed by atoms with Crippen LogP contribution in [0, 0.1) is 3.95 Å².